The van der Waals surface area contributed by atoms with E-state index in [2.05, 4.69) is 4.98 Å². The molecule has 1 amide bonds. The highest BCUT2D eigenvalue weighted by Gasteiger charge is 2.16. The van der Waals surface area contributed by atoms with E-state index in [0.29, 0.717) is 18.8 Å². The number of hydrogen-bond acceptors (Lipinski definition) is 3. The number of nitrogen functional groups attached to an aromatic ring is 1. The van der Waals surface area contributed by atoms with Crippen molar-refractivity contribution in [3.05, 3.63) is 59.7 Å². The molecular weight excluding hydrogens is 257 g/mol. The van der Waals surface area contributed by atoms with Crippen LogP contribution in [0.3, 0.4) is 0 Å². The number of carbonyl (C=O) groups is 1. The number of nitrogens with zero attached hydrogens (tertiary/aromatic N) is 2. The zero-order chi connectivity index (χ0) is 14.5. The number of rotatable bonds is 4. The Morgan fingerprint density at radius 1 is 1.30 bits per heavy atom. The molecule has 2 N–H and O–H groups in total. The monoisotopic (exact) mass is 273 g/mol. The zero-order valence-corrected chi connectivity index (χ0v) is 11.2. The van der Waals surface area contributed by atoms with Crippen LogP contribution in [-0.2, 0) is 6.54 Å². The lowest BCUT2D eigenvalue weighted by Gasteiger charge is -2.21. The Morgan fingerprint density at radius 2 is 2.05 bits per heavy atom. The molecule has 0 aliphatic carbocycles. The lowest BCUT2D eigenvalue weighted by molar-refractivity contribution is 0.0747. The molecule has 0 fully saturated rings. The van der Waals surface area contributed by atoms with Gasteiger partial charge in [0.1, 0.15) is 11.5 Å². The molecule has 0 spiro atoms. The van der Waals surface area contributed by atoms with E-state index in [1.54, 1.807) is 11.0 Å². The molecule has 0 unspecified atom stereocenters. The van der Waals surface area contributed by atoms with Gasteiger partial charge in [-0.15, -0.1) is 0 Å². The van der Waals surface area contributed by atoms with Gasteiger partial charge in [0, 0.05) is 18.8 Å². The topological polar surface area (TPSA) is 59.2 Å². The van der Waals surface area contributed by atoms with Crippen molar-refractivity contribution in [1.82, 2.24) is 9.88 Å². The fraction of sp³-hybridized carbons (Fsp3) is 0.200. The molecule has 1 aromatic carbocycles. The number of pyridine rings is 1. The van der Waals surface area contributed by atoms with Gasteiger partial charge in [-0.2, -0.15) is 0 Å². The van der Waals surface area contributed by atoms with Crippen molar-refractivity contribution >= 4 is 11.6 Å². The van der Waals surface area contributed by atoms with E-state index in [4.69, 9.17) is 5.73 Å². The number of aromatic nitrogens is 1. The molecule has 2 rings (SSSR count). The Labute approximate surface area is 117 Å². The first-order chi connectivity index (χ1) is 9.61. The van der Waals surface area contributed by atoms with Gasteiger partial charge in [-0.1, -0.05) is 18.2 Å². The van der Waals surface area contributed by atoms with E-state index < -0.39 is 5.82 Å². The number of amides is 1. The first kappa shape index (κ1) is 14.0. The van der Waals surface area contributed by atoms with Crippen molar-refractivity contribution in [2.24, 2.45) is 0 Å². The predicted molar refractivity (Wildman–Crippen MR) is 75.5 cm³/mol. The highest BCUT2D eigenvalue weighted by molar-refractivity contribution is 5.92. The fourth-order valence-electron chi connectivity index (χ4n) is 1.88. The summed E-state index contributed by atoms with van der Waals surface area (Å²) >= 11 is 0. The Bertz CT molecular complexity index is 598. The van der Waals surface area contributed by atoms with E-state index >= 15 is 0 Å². The molecule has 0 saturated heterocycles. The van der Waals surface area contributed by atoms with E-state index in [0.717, 1.165) is 11.8 Å². The normalized spacial score (nSPS) is 10.3. The van der Waals surface area contributed by atoms with Gasteiger partial charge in [-0.3, -0.25) is 4.79 Å². The Kier molecular flexibility index (Phi) is 4.30. The minimum Gasteiger partial charge on any atom is -0.398 e. The highest BCUT2D eigenvalue weighted by Crippen LogP contribution is 2.15. The van der Waals surface area contributed by atoms with Crippen LogP contribution in [0, 0.1) is 5.82 Å². The molecule has 1 aromatic heterocycles. The van der Waals surface area contributed by atoms with Crippen molar-refractivity contribution in [2.45, 2.75) is 13.5 Å². The molecule has 1 heterocycles. The maximum absolute atomic E-state index is 12.8. The van der Waals surface area contributed by atoms with Crippen molar-refractivity contribution < 1.29 is 9.18 Å². The molecule has 0 bridgehead atoms. The molecule has 5 heteroatoms. The van der Waals surface area contributed by atoms with Gasteiger partial charge < -0.3 is 10.6 Å². The summed E-state index contributed by atoms with van der Waals surface area (Å²) in [6.07, 6.45) is 1.04. The number of halogens is 1. The van der Waals surface area contributed by atoms with Crippen LogP contribution in [0.15, 0.2) is 42.6 Å². The Morgan fingerprint density at radius 3 is 2.65 bits per heavy atom. The van der Waals surface area contributed by atoms with Crippen LogP contribution >= 0.6 is 0 Å². The third kappa shape index (κ3) is 3.12. The third-order valence-corrected chi connectivity index (χ3v) is 3.03. The minimum absolute atomic E-state index is 0.225. The number of hydrogen-bond donors (Lipinski definition) is 1. The summed E-state index contributed by atoms with van der Waals surface area (Å²) < 4.78 is 12.8. The second-order valence-electron chi connectivity index (χ2n) is 4.38. The van der Waals surface area contributed by atoms with Gasteiger partial charge in [0.15, 0.2) is 0 Å². The van der Waals surface area contributed by atoms with Crippen LogP contribution in [0.5, 0.6) is 0 Å². The van der Waals surface area contributed by atoms with Gasteiger partial charge in [-0.25, -0.2) is 9.37 Å². The van der Waals surface area contributed by atoms with Gasteiger partial charge in [-0.05, 0) is 30.7 Å². The fourth-order valence-corrected chi connectivity index (χ4v) is 1.88. The zero-order valence-electron chi connectivity index (χ0n) is 11.2. The summed E-state index contributed by atoms with van der Waals surface area (Å²) in [6.45, 7) is 2.80. The van der Waals surface area contributed by atoms with E-state index in [1.807, 2.05) is 25.1 Å². The molecular formula is C15H16FN3O. The summed E-state index contributed by atoms with van der Waals surface area (Å²) in [6, 6.07) is 10.0. The van der Waals surface area contributed by atoms with Crippen molar-refractivity contribution in [3.63, 3.8) is 0 Å². The summed E-state index contributed by atoms with van der Waals surface area (Å²) in [5.41, 5.74) is 7.63. The number of anilines is 1. The van der Waals surface area contributed by atoms with Crippen LogP contribution in [0.1, 0.15) is 23.0 Å². The molecule has 4 nitrogen and oxygen atoms in total. The summed E-state index contributed by atoms with van der Waals surface area (Å²) in [5.74, 6) is -0.701. The summed E-state index contributed by atoms with van der Waals surface area (Å²) in [7, 11) is 0. The molecule has 0 radical (unpaired) electrons. The van der Waals surface area contributed by atoms with Crippen molar-refractivity contribution in [2.75, 3.05) is 12.3 Å². The van der Waals surface area contributed by atoms with Crippen molar-refractivity contribution in [3.8, 4) is 0 Å². The number of nitrogens with two attached hydrogens (primary N) is 1. The average molecular weight is 273 g/mol. The standard InChI is InChI=1S/C15H16FN3O/c1-2-19(10-11-5-3-4-6-13(11)17)15(20)14-8-7-12(16)9-18-14/h3-9H,2,10,17H2,1H3. The van der Waals surface area contributed by atoms with Gasteiger partial charge in [0.05, 0.1) is 6.20 Å². The lowest BCUT2D eigenvalue weighted by atomic mass is 10.1. The van der Waals surface area contributed by atoms with Crippen LogP contribution < -0.4 is 5.73 Å². The Balaban J connectivity index is 2.18. The predicted octanol–water partition coefficient (Wildman–Crippen LogP) is 2.47. The largest absolute Gasteiger partial charge is 0.398 e. The maximum atomic E-state index is 12.8. The quantitative estimate of drug-likeness (QED) is 0.870. The highest BCUT2D eigenvalue weighted by atomic mass is 19.1. The second kappa shape index (κ2) is 6.14. The summed E-state index contributed by atoms with van der Waals surface area (Å²) in [5, 5.41) is 0. The number of para-hydroxylation sites is 1. The number of benzene rings is 1. The third-order valence-electron chi connectivity index (χ3n) is 3.03. The van der Waals surface area contributed by atoms with Crippen LogP contribution in [0.2, 0.25) is 0 Å². The van der Waals surface area contributed by atoms with Crippen LogP contribution in [0.25, 0.3) is 0 Å². The SMILES string of the molecule is CCN(Cc1ccccc1N)C(=O)c1ccc(F)cn1. The molecule has 0 aliphatic heterocycles. The smallest absolute Gasteiger partial charge is 0.272 e. The van der Waals surface area contributed by atoms with Gasteiger partial charge in [0.25, 0.3) is 5.91 Å². The van der Waals surface area contributed by atoms with E-state index in [9.17, 15) is 9.18 Å². The Hall–Kier alpha value is -2.43. The first-order valence-electron chi connectivity index (χ1n) is 6.36. The molecule has 0 atom stereocenters. The number of carbonyl (C=O) groups excluding carboxylic acids is 1. The van der Waals surface area contributed by atoms with E-state index in [1.165, 1.54) is 12.1 Å². The second-order valence-corrected chi connectivity index (χ2v) is 4.38. The van der Waals surface area contributed by atoms with E-state index in [-0.39, 0.29) is 11.6 Å². The van der Waals surface area contributed by atoms with Crippen LogP contribution in [-0.4, -0.2) is 22.3 Å². The molecule has 20 heavy (non-hydrogen) atoms. The molecule has 2 aromatic rings. The lowest BCUT2D eigenvalue weighted by Crippen LogP contribution is -2.31. The summed E-state index contributed by atoms with van der Waals surface area (Å²) in [4.78, 5) is 17.7. The maximum Gasteiger partial charge on any atom is 0.272 e. The van der Waals surface area contributed by atoms with Gasteiger partial charge in [0.2, 0.25) is 0 Å². The first-order valence-corrected chi connectivity index (χ1v) is 6.36. The molecule has 0 aliphatic rings. The van der Waals surface area contributed by atoms with Crippen LogP contribution in [0.4, 0.5) is 10.1 Å². The van der Waals surface area contributed by atoms with Gasteiger partial charge >= 0.3 is 0 Å². The van der Waals surface area contributed by atoms with Crippen molar-refractivity contribution in [1.29, 1.82) is 0 Å². The minimum atomic E-state index is -0.461. The average Bonchev–Trinajstić information content (AvgIpc) is 2.46. The molecule has 0 saturated carbocycles. The molecule has 104 valence electrons.